The van der Waals surface area contributed by atoms with Gasteiger partial charge in [0.2, 0.25) is 0 Å². The molecule has 2 rings (SSSR count). The summed E-state index contributed by atoms with van der Waals surface area (Å²) < 4.78 is 6.87. The molecule has 0 fully saturated rings. The first kappa shape index (κ1) is 11.9. The normalized spacial score (nSPS) is 19.1. The Hall–Kier alpha value is -0.580. The zero-order valence-corrected chi connectivity index (χ0v) is 11.0. The Morgan fingerprint density at radius 2 is 2.25 bits per heavy atom. The van der Waals surface area contributed by atoms with Gasteiger partial charge in [-0.3, -0.25) is 0 Å². The van der Waals surface area contributed by atoms with Crippen molar-refractivity contribution in [2.45, 2.75) is 31.9 Å². The molecule has 1 aromatic rings. The minimum absolute atomic E-state index is 0.0767. The fraction of sp³-hybridized carbons (Fsp3) is 0.500. The van der Waals surface area contributed by atoms with Crippen LogP contribution < -0.4 is 10.5 Å². The summed E-state index contributed by atoms with van der Waals surface area (Å²) in [5.41, 5.74) is 7.71. The van der Waals surface area contributed by atoms with E-state index in [0.29, 0.717) is 0 Å². The molecule has 0 bridgehead atoms. The van der Waals surface area contributed by atoms with Crippen LogP contribution in [-0.2, 0) is 6.42 Å². The molecule has 0 aliphatic carbocycles. The third-order valence-corrected chi connectivity index (χ3v) is 3.21. The van der Waals surface area contributed by atoms with Crippen molar-refractivity contribution in [2.75, 3.05) is 6.61 Å². The van der Waals surface area contributed by atoms with Gasteiger partial charge in [-0.05, 0) is 31.5 Å². The Bertz CT molecular complexity index is 418. The first-order valence-electron chi connectivity index (χ1n) is 5.31. The highest BCUT2D eigenvalue weighted by Crippen LogP contribution is 2.41. The lowest BCUT2D eigenvalue weighted by Crippen LogP contribution is -2.25. The molecule has 88 valence electrons. The van der Waals surface area contributed by atoms with Crippen LogP contribution in [0.4, 0.5) is 0 Å². The first-order chi connectivity index (χ1) is 7.43. The molecule has 1 aromatic carbocycles. The van der Waals surface area contributed by atoms with E-state index in [9.17, 15) is 0 Å². The van der Waals surface area contributed by atoms with Gasteiger partial charge < -0.3 is 15.6 Å². The molecule has 0 radical (unpaired) electrons. The molecule has 0 saturated carbocycles. The largest absolute Gasteiger partial charge is 0.487 e. The quantitative estimate of drug-likeness (QED) is 0.876. The molecule has 0 saturated heterocycles. The van der Waals surface area contributed by atoms with Gasteiger partial charge in [0, 0.05) is 16.5 Å². The van der Waals surface area contributed by atoms with Crippen LogP contribution in [-0.4, -0.2) is 17.3 Å². The fourth-order valence-corrected chi connectivity index (χ4v) is 2.60. The average Bonchev–Trinajstić information content (AvgIpc) is 2.49. The Balaban J connectivity index is 2.49. The summed E-state index contributed by atoms with van der Waals surface area (Å²) in [7, 11) is 0. The minimum Gasteiger partial charge on any atom is -0.487 e. The highest BCUT2D eigenvalue weighted by atomic mass is 79.9. The standard InChI is InChI=1S/C12H16BrNO2/c1-12(2)5-7-3-8(13)4-9(10(14)6-15)11(7)16-12/h3-4,10,15H,5-6,14H2,1-2H3. The lowest BCUT2D eigenvalue weighted by atomic mass is 9.98. The Labute approximate surface area is 104 Å². The summed E-state index contributed by atoms with van der Waals surface area (Å²) in [6.45, 7) is 4.02. The number of aliphatic hydroxyl groups is 1. The minimum atomic E-state index is -0.389. The highest BCUT2D eigenvalue weighted by Gasteiger charge is 2.33. The van der Waals surface area contributed by atoms with E-state index in [1.165, 1.54) is 0 Å². The molecule has 3 nitrogen and oxygen atoms in total. The number of aliphatic hydroxyl groups excluding tert-OH is 1. The van der Waals surface area contributed by atoms with Gasteiger partial charge in [0.1, 0.15) is 11.4 Å². The van der Waals surface area contributed by atoms with Crippen LogP contribution in [0, 0.1) is 0 Å². The van der Waals surface area contributed by atoms with Gasteiger partial charge in [-0.1, -0.05) is 15.9 Å². The van der Waals surface area contributed by atoms with Crippen LogP contribution >= 0.6 is 15.9 Å². The van der Waals surface area contributed by atoms with Crippen molar-refractivity contribution in [3.8, 4) is 5.75 Å². The Morgan fingerprint density at radius 1 is 1.56 bits per heavy atom. The molecule has 1 aliphatic rings. The highest BCUT2D eigenvalue weighted by molar-refractivity contribution is 9.10. The summed E-state index contributed by atoms with van der Waals surface area (Å²) in [4.78, 5) is 0. The van der Waals surface area contributed by atoms with Gasteiger partial charge in [0.15, 0.2) is 0 Å². The van der Waals surface area contributed by atoms with Crippen LogP contribution in [0.3, 0.4) is 0 Å². The second-order valence-corrected chi connectivity index (χ2v) is 5.73. The van der Waals surface area contributed by atoms with Gasteiger partial charge in [-0.2, -0.15) is 0 Å². The van der Waals surface area contributed by atoms with Gasteiger partial charge in [-0.15, -0.1) is 0 Å². The third kappa shape index (κ3) is 2.10. The zero-order valence-electron chi connectivity index (χ0n) is 9.46. The molecule has 1 unspecified atom stereocenters. The number of hydrogen-bond acceptors (Lipinski definition) is 3. The van der Waals surface area contributed by atoms with Crippen molar-refractivity contribution in [2.24, 2.45) is 5.73 Å². The number of halogens is 1. The molecule has 1 heterocycles. The monoisotopic (exact) mass is 285 g/mol. The van der Waals surface area contributed by atoms with Crippen LogP contribution in [0.1, 0.15) is 31.0 Å². The molecular weight excluding hydrogens is 270 g/mol. The molecule has 4 heteroatoms. The van der Waals surface area contributed by atoms with E-state index in [4.69, 9.17) is 15.6 Å². The number of fused-ring (bicyclic) bond motifs is 1. The lowest BCUT2D eigenvalue weighted by molar-refractivity contribution is 0.135. The molecule has 1 atom stereocenters. The smallest absolute Gasteiger partial charge is 0.128 e. The van der Waals surface area contributed by atoms with Crippen molar-refractivity contribution >= 4 is 15.9 Å². The molecule has 3 N–H and O–H groups in total. The maximum absolute atomic E-state index is 9.14. The van der Waals surface area contributed by atoms with Crippen LogP contribution in [0.5, 0.6) is 5.75 Å². The summed E-state index contributed by atoms with van der Waals surface area (Å²) in [6, 6.07) is 3.58. The van der Waals surface area contributed by atoms with Crippen LogP contribution in [0.25, 0.3) is 0 Å². The first-order valence-corrected chi connectivity index (χ1v) is 6.10. The van der Waals surface area contributed by atoms with E-state index in [1.54, 1.807) is 0 Å². The van der Waals surface area contributed by atoms with Crippen LogP contribution in [0.15, 0.2) is 16.6 Å². The van der Waals surface area contributed by atoms with Crippen molar-refractivity contribution in [3.63, 3.8) is 0 Å². The van der Waals surface area contributed by atoms with E-state index in [2.05, 4.69) is 35.8 Å². The summed E-state index contributed by atoms with van der Waals surface area (Å²) in [5, 5.41) is 9.14. The van der Waals surface area contributed by atoms with Gasteiger partial charge in [-0.25, -0.2) is 0 Å². The fourth-order valence-electron chi connectivity index (χ4n) is 2.07. The van der Waals surface area contributed by atoms with Crippen molar-refractivity contribution < 1.29 is 9.84 Å². The number of ether oxygens (including phenoxy) is 1. The topological polar surface area (TPSA) is 55.5 Å². The second kappa shape index (κ2) is 4.02. The van der Waals surface area contributed by atoms with Gasteiger partial charge >= 0.3 is 0 Å². The SMILES string of the molecule is CC1(C)Cc2cc(Br)cc(C(N)CO)c2O1. The molecular formula is C12H16BrNO2. The van der Waals surface area contributed by atoms with Gasteiger partial charge in [0.25, 0.3) is 0 Å². The molecule has 16 heavy (non-hydrogen) atoms. The zero-order chi connectivity index (χ0) is 11.9. The number of hydrogen-bond donors (Lipinski definition) is 2. The van der Waals surface area contributed by atoms with E-state index >= 15 is 0 Å². The third-order valence-electron chi connectivity index (χ3n) is 2.75. The number of nitrogens with two attached hydrogens (primary N) is 1. The molecule has 0 spiro atoms. The lowest BCUT2D eigenvalue weighted by Gasteiger charge is -2.19. The number of rotatable bonds is 2. The maximum atomic E-state index is 9.14. The van der Waals surface area contributed by atoms with E-state index < -0.39 is 0 Å². The molecule has 1 aliphatic heterocycles. The number of benzene rings is 1. The van der Waals surface area contributed by atoms with E-state index in [0.717, 1.165) is 27.8 Å². The van der Waals surface area contributed by atoms with Crippen molar-refractivity contribution in [3.05, 3.63) is 27.7 Å². The second-order valence-electron chi connectivity index (χ2n) is 4.81. The summed E-state index contributed by atoms with van der Waals surface area (Å²) in [5.74, 6) is 0.842. The van der Waals surface area contributed by atoms with Crippen molar-refractivity contribution in [1.29, 1.82) is 0 Å². The predicted octanol–water partition coefficient (Wildman–Crippen LogP) is 2.15. The van der Waals surface area contributed by atoms with Crippen LogP contribution in [0.2, 0.25) is 0 Å². The van der Waals surface area contributed by atoms with Gasteiger partial charge in [0.05, 0.1) is 12.6 Å². The average molecular weight is 286 g/mol. The van der Waals surface area contributed by atoms with Crippen molar-refractivity contribution in [1.82, 2.24) is 0 Å². The maximum Gasteiger partial charge on any atom is 0.128 e. The predicted molar refractivity (Wildman–Crippen MR) is 66.6 cm³/mol. The summed E-state index contributed by atoms with van der Waals surface area (Å²) in [6.07, 6.45) is 0.868. The molecule has 0 amide bonds. The van der Waals surface area contributed by atoms with E-state index in [-0.39, 0.29) is 18.2 Å². The van der Waals surface area contributed by atoms with E-state index in [1.807, 2.05) is 6.07 Å². The Morgan fingerprint density at radius 3 is 2.88 bits per heavy atom. The Kier molecular flexibility index (Phi) is 2.99. The summed E-state index contributed by atoms with van der Waals surface area (Å²) >= 11 is 3.46. The molecule has 0 aromatic heterocycles.